The molecular weight excluding hydrogens is 318 g/mol. The number of nitrogens with zero attached hydrogens (tertiary/aromatic N) is 2. The number of hydrogen-bond donors (Lipinski definition) is 2. The molecule has 0 spiro atoms. The van der Waals surface area contributed by atoms with Gasteiger partial charge in [0.25, 0.3) is 0 Å². The van der Waals surface area contributed by atoms with E-state index in [9.17, 15) is 9.90 Å². The highest BCUT2D eigenvalue weighted by Gasteiger charge is 2.47. The van der Waals surface area contributed by atoms with E-state index >= 15 is 0 Å². The van der Waals surface area contributed by atoms with Crippen molar-refractivity contribution >= 4 is 17.1 Å². The summed E-state index contributed by atoms with van der Waals surface area (Å²) < 4.78 is 5.57. The van der Waals surface area contributed by atoms with E-state index in [1.54, 1.807) is 17.3 Å². The SMILES string of the molecule is CC(C)(C)OC(=O)N1CC(O)(c2c[nH]c3ncccc23)CCC1(C)C. The van der Waals surface area contributed by atoms with E-state index in [1.165, 1.54) is 0 Å². The number of amides is 1. The number of fused-ring (bicyclic) bond motifs is 1. The van der Waals surface area contributed by atoms with Crippen molar-refractivity contribution in [2.75, 3.05) is 6.54 Å². The number of ether oxygens (including phenoxy) is 1. The molecule has 1 unspecified atom stereocenters. The van der Waals surface area contributed by atoms with Crippen LogP contribution in [0.5, 0.6) is 0 Å². The zero-order valence-electron chi connectivity index (χ0n) is 15.6. The normalized spacial score (nSPS) is 23.7. The second-order valence-electron chi connectivity index (χ2n) is 8.51. The Morgan fingerprint density at radius 3 is 2.76 bits per heavy atom. The first-order valence-electron chi connectivity index (χ1n) is 8.67. The zero-order chi connectivity index (χ0) is 18.5. The van der Waals surface area contributed by atoms with Gasteiger partial charge >= 0.3 is 6.09 Å². The first-order chi connectivity index (χ1) is 11.5. The Bertz CT molecular complexity index is 791. The summed E-state index contributed by atoms with van der Waals surface area (Å²) in [6, 6.07) is 3.78. The number of carbonyl (C=O) groups is 1. The molecule has 25 heavy (non-hydrogen) atoms. The predicted octanol–water partition coefficient (Wildman–Crippen LogP) is 3.56. The number of nitrogens with one attached hydrogen (secondary N) is 1. The van der Waals surface area contributed by atoms with Crippen LogP contribution in [0.3, 0.4) is 0 Å². The maximum Gasteiger partial charge on any atom is 0.410 e. The van der Waals surface area contributed by atoms with E-state index in [-0.39, 0.29) is 12.1 Å². The summed E-state index contributed by atoms with van der Waals surface area (Å²) in [5, 5.41) is 12.3. The van der Waals surface area contributed by atoms with Crippen LogP contribution in [-0.4, -0.2) is 43.8 Å². The van der Waals surface area contributed by atoms with E-state index in [0.29, 0.717) is 12.8 Å². The summed E-state index contributed by atoms with van der Waals surface area (Å²) in [5.41, 5.74) is -0.570. The molecule has 0 aromatic carbocycles. The first-order valence-corrected chi connectivity index (χ1v) is 8.67. The van der Waals surface area contributed by atoms with Crippen LogP contribution in [-0.2, 0) is 10.3 Å². The second kappa shape index (κ2) is 5.73. The molecule has 0 radical (unpaired) electrons. The molecule has 2 aromatic heterocycles. The number of aromatic amines is 1. The lowest BCUT2D eigenvalue weighted by Crippen LogP contribution is -2.59. The Morgan fingerprint density at radius 2 is 2.08 bits per heavy atom. The number of piperidine rings is 1. The van der Waals surface area contributed by atoms with Crippen molar-refractivity contribution in [3.63, 3.8) is 0 Å². The molecular formula is C19H27N3O3. The van der Waals surface area contributed by atoms with Crippen LogP contribution in [0.2, 0.25) is 0 Å². The smallest absolute Gasteiger partial charge is 0.410 e. The van der Waals surface area contributed by atoms with E-state index in [2.05, 4.69) is 9.97 Å². The van der Waals surface area contributed by atoms with Gasteiger partial charge < -0.3 is 14.8 Å². The third-order valence-electron chi connectivity index (χ3n) is 4.87. The molecule has 6 nitrogen and oxygen atoms in total. The summed E-state index contributed by atoms with van der Waals surface area (Å²) in [5.74, 6) is 0. The molecule has 1 amide bonds. The Hall–Kier alpha value is -2.08. The predicted molar refractivity (Wildman–Crippen MR) is 96.2 cm³/mol. The van der Waals surface area contributed by atoms with Crippen LogP contribution in [0.4, 0.5) is 4.79 Å². The number of likely N-dealkylation sites (tertiary alicyclic amines) is 1. The standard InChI is InChI=1S/C19H27N3O3/c1-17(2,3)25-16(23)22-12-19(24,9-8-18(22,4)5)14-11-21-15-13(14)7-6-10-20-15/h6-7,10-11,24H,8-9,12H2,1-5H3,(H,20,21). The molecule has 1 aliphatic rings. The van der Waals surface area contributed by atoms with E-state index in [0.717, 1.165) is 16.6 Å². The minimum absolute atomic E-state index is 0.191. The number of H-pyrrole nitrogens is 1. The molecule has 1 fully saturated rings. The first kappa shape index (κ1) is 17.7. The molecule has 6 heteroatoms. The van der Waals surface area contributed by atoms with Crippen LogP contribution in [0.25, 0.3) is 11.0 Å². The molecule has 0 saturated carbocycles. The Morgan fingerprint density at radius 1 is 1.36 bits per heavy atom. The average molecular weight is 345 g/mol. The molecule has 1 aliphatic heterocycles. The summed E-state index contributed by atoms with van der Waals surface area (Å²) in [6.07, 6.45) is 4.36. The van der Waals surface area contributed by atoms with Gasteiger partial charge in [0.2, 0.25) is 0 Å². The molecule has 2 aromatic rings. The molecule has 3 heterocycles. The molecule has 3 rings (SSSR count). The highest BCUT2D eigenvalue weighted by Crippen LogP contribution is 2.41. The van der Waals surface area contributed by atoms with Crippen LogP contribution in [0, 0.1) is 0 Å². The molecule has 1 atom stereocenters. The van der Waals surface area contributed by atoms with Gasteiger partial charge in [-0.2, -0.15) is 0 Å². The fraction of sp³-hybridized carbons (Fsp3) is 0.579. The number of rotatable bonds is 1. The van der Waals surface area contributed by atoms with E-state index in [4.69, 9.17) is 4.74 Å². The summed E-state index contributed by atoms with van der Waals surface area (Å²) in [4.78, 5) is 21.8. The lowest BCUT2D eigenvalue weighted by Gasteiger charge is -2.49. The van der Waals surface area contributed by atoms with Gasteiger partial charge in [0.05, 0.1) is 6.54 Å². The van der Waals surface area contributed by atoms with Gasteiger partial charge in [0.15, 0.2) is 0 Å². The molecule has 0 bridgehead atoms. The number of pyridine rings is 1. The Kier molecular flexibility index (Phi) is 4.06. The summed E-state index contributed by atoms with van der Waals surface area (Å²) >= 11 is 0. The number of β-amino-alcohol motifs (C(OH)–C–C–N with tert-alkyl or cyclic N) is 1. The van der Waals surface area contributed by atoms with Gasteiger partial charge in [0, 0.05) is 28.9 Å². The maximum atomic E-state index is 12.7. The quantitative estimate of drug-likeness (QED) is 0.828. The van der Waals surface area contributed by atoms with Gasteiger partial charge in [-0.15, -0.1) is 0 Å². The monoisotopic (exact) mass is 345 g/mol. The fourth-order valence-corrected chi connectivity index (χ4v) is 3.39. The Balaban J connectivity index is 1.95. The van der Waals surface area contributed by atoms with Crippen molar-refractivity contribution in [3.8, 4) is 0 Å². The second-order valence-corrected chi connectivity index (χ2v) is 8.51. The topological polar surface area (TPSA) is 78.5 Å². The van der Waals surface area contributed by atoms with Crippen molar-refractivity contribution < 1.29 is 14.6 Å². The van der Waals surface area contributed by atoms with Gasteiger partial charge in [-0.05, 0) is 59.6 Å². The third-order valence-corrected chi connectivity index (χ3v) is 4.87. The highest BCUT2D eigenvalue weighted by atomic mass is 16.6. The van der Waals surface area contributed by atoms with Crippen molar-refractivity contribution in [2.24, 2.45) is 0 Å². The van der Waals surface area contributed by atoms with Crippen molar-refractivity contribution in [3.05, 3.63) is 30.1 Å². The lowest BCUT2D eigenvalue weighted by molar-refractivity contribution is -0.0842. The number of aromatic nitrogens is 2. The average Bonchev–Trinajstić information content (AvgIpc) is 2.93. The van der Waals surface area contributed by atoms with Crippen LogP contribution in [0.15, 0.2) is 24.5 Å². The van der Waals surface area contributed by atoms with Crippen LogP contribution < -0.4 is 0 Å². The van der Waals surface area contributed by atoms with Gasteiger partial charge in [-0.25, -0.2) is 9.78 Å². The van der Waals surface area contributed by atoms with Gasteiger partial charge in [-0.3, -0.25) is 4.90 Å². The molecule has 136 valence electrons. The van der Waals surface area contributed by atoms with Crippen molar-refractivity contribution in [1.82, 2.24) is 14.9 Å². The van der Waals surface area contributed by atoms with E-state index in [1.807, 2.05) is 46.8 Å². The largest absolute Gasteiger partial charge is 0.444 e. The van der Waals surface area contributed by atoms with Crippen molar-refractivity contribution in [2.45, 2.75) is 64.2 Å². The van der Waals surface area contributed by atoms with Gasteiger partial charge in [-0.1, -0.05) is 0 Å². The van der Waals surface area contributed by atoms with Crippen molar-refractivity contribution in [1.29, 1.82) is 0 Å². The summed E-state index contributed by atoms with van der Waals surface area (Å²) in [7, 11) is 0. The number of carbonyl (C=O) groups excluding carboxylic acids is 1. The molecule has 0 aliphatic carbocycles. The van der Waals surface area contributed by atoms with Gasteiger partial charge in [0.1, 0.15) is 16.8 Å². The maximum absolute atomic E-state index is 12.7. The zero-order valence-corrected chi connectivity index (χ0v) is 15.6. The minimum Gasteiger partial charge on any atom is -0.444 e. The highest BCUT2D eigenvalue weighted by molar-refractivity contribution is 5.81. The lowest BCUT2D eigenvalue weighted by atomic mass is 9.78. The fourth-order valence-electron chi connectivity index (χ4n) is 3.39. The number of aliphatic hydroxyl groups is 1. The minimum atomic E-state index is -1.13. The molecule has 2 N–H and O–H groups in total. The number of hydrogen-bond acceptors (Lipinski definition) is 4. The third kappa shape index (κ3) is 3.35. The summed E-state index contributed by atoms with van der Waals surface area (Å²) in [6.45, 7) is 9.75. The Labute approximate surface area is 148 Å². The van der Waals surface area contributed by atoms with Crippen LogP contribution >= 0.6 is 0 Å². The van der Waals surface area contributed by atoms with Crippen LogP contribution in [0.1, 0.15) is 53.0 Å². The molecule has 1 saturated heterocycles. The van der Waals surface area contributed by atoms with E-state index < -0.39 is 17.3 Å².